The smallest absolute Gasteiger partial charge is 0.269 e. The van der Waals surface area contributed by atoms with Crippen molar-refractivity contribution in [2.24, 2.45) is 11.7 Å². The van der Waals surface area contributed by atoms with E-state index in [4.69, 9.17) is 5.73 Å². The molecule has 1 aromatic rings. The summed E-state index contributed by atoms with van der Waals surface area (Å²) in [6.45, 7) is 3.99. The van der Waals surface area contributed by atoms with E-state index in [9.17, 15) is 14.9 Å². The van der Waals surface area contributed by atoms with Crippen LogP contribution in [0.2, 0.25) is 0 Å². The molecule has 2 atom stereocenters. The van der Waals surface area contributed by atoms with Crippen LogP contribution in [0.3, 0.4) is 0 Å². The highest BCUT2D eigenvalue weighted by molar-refractivity contribution is 5.92. The molecule has 1 heterocycles. The van der Waals surface area contributed by atoms with Crippen molar-refractivity contribution in [3.63, 3.8) is 0 Å². The molecule has 1 saturated heterocycles. The molecule has 1 fully saturated rings. The number of nitrogens with one attached hydrogen (secondary N) is 1. The topological polar surface area (TPSA) is 102 Å². The molecule has 21 heavy (non-hydrogen) atoms. The number of piperidine rings is 1. The van der Waals surface area contributed by atoms with Crippen LogP contribution in [0.25, 0.3) is 0 Å². The lowest BCUT2D eigenvalue weighted by Gasteiger charge is -2.34. The maximum atomic E-state index is 12.0. The second-order valence-electron chi connectivity index (χ2n) is 5.52. The second kappa shape index (κ2) is 6.64. The number of anilines is 1. The van der Waals surface area contributed by atoms with Gasteiger partial charge in [0.15, 0.2) is 0 Å². The number of nitro benzene ring substituents is 1. The predicted octanol–water partition coefficient (Wildman–Crippen LogP) is 1.20. The van der Waals surface area contributed by atoms with Gasteiger partial charge in [-0.1, -0.05) is 6.92 Å². The zero-order valence-electron chi connectivity index (χ0n) is 12.0. The molecule has 3 N–H and O–H groups in total. The Morgan fingerprint density at radius 3 is 2.71 bits per heavy atom. The summed E-state index contributed by atoms with van der Waals surface area (Å²) in [6, 6.07) is 5.90. The van der Waals surface area contributed by atoms with Crippen molar-refractivity contribution >= 4 is 17.3 Å². The van der Waals surface area contributed by atoms with Crippen LogP contribution in [0.15, 0.2) is 24.3 Å². The minimum atomic E-state index is -0.470. The van der Waals surface area contributed by atoms with Crippen molar-refractivity contribution in [3.05, 3.63) is 34.4 Å². The van der Waals surface area contributed by atoms with E-state index in [-0.39, 0.29) is 24.2 Å². The van der Waals surface area contributed by atoms with Crippen LogP contribution in [-0.2, 0) is 4.79 Å². The lowest BCUT2D eigenvalue weighted by molar-refractivity contribution is -0.384. The third-order valence-electron chi connectivity index (χ3n) is 3.83. The molecule has 0 aromatic heterocycles. The predicted molar refractivity (Wildman–Crippen MR) is 79.9 cm³/mol. The third kappa shape index (κ3) is 4.24. The number of carbonyl (C=O) groups is 1. The number of carbonyl (C=O) groups excluding carboxylic acids is 1. The molecule has 2 unspecified atom stereocenters. The fourth-order valence-corrected chi connectivity index (χ4v) is 2.38. The number of nitrogens with two attached hydrogens (primary N) is 1. The van der Waals surface area contributed by atoms with Crippen LogP contribution < -0.4 is 11.1 Å². The number of nitro groups is 1. The molecule has 1 aliphatic rings. The van der Waals surface area contributed by atoms with Gasteiger partial charge in [-0.25, -0.2) is 0 Å². The number of hydrogen-bond donors (Lipinski definition) is 2. The van der Waals surface area contributed by atoms with Gasteiger partial charge in [0.25, 0.3) is 5.69 Å². The molecule has 0 radical (unpaired) electrons. The normalized spacial score (nSPS) is 22.8. The number of benzene rings is 1. The molecule has 7 heteroatoms. The van der Waals surface area contributed by atoms with E-state index in [0.29, 0.717) is 11.6 Å². The minimum Gasteiger partial charge on any atom is -0.326 e. The zero-order chi connectivity index (χ0) is 15.4. The average Bonchev–Trinajstić information content (AvgIpc) is 2.43. The first kappa shape index (κ1) is 15.4. The van der Waals surface area contributed by atoms with Gasteiger partial charge in [0, 0.05) is 30.4 Å². The molecule has 2 rings (SSSR count). The fraction of sp³-hybridized carbons (Fsp3) is 0.500. The van der Waals surface area contributed by atoms with E-state index in [1.165, 1.54) is 24.3 Å². The number of non-ortho nitro benzene ring substituents is 1. The molecule has 0 spiro atoms. The van der Waals surface area contributed by atoms with Gasteiger partial charge in [-0.2, -0.15) is 0 Å². The number of rotatable bonds is 4. The highest BCUT2D eigenvalue weighted by atomic mass is 16.6. The molecule has 114 valence electrons. The summed E-state index contributed by atoms with van der Waals surface area (Å²) in [7, 11) is 0. The lowest BCUT2D eigenvalue weighted by Crippen LogP contribution is -2.49. The molecular formula is C14H20N4O3. The molecule has 0 aliphatic carbocycles. The molecular weight excluding hydrogens is 272 g/mol. The minimum absolute atomic E-state index is 0.00370. The first-order valence-corrected chi connectivity index (χ1v) is 6.98. The Bertz CT molecular complexity index is 517. The molecule has 7 nitrogen and oxygen atoms in total. The summed E-state index contributed by atoms with van der Waals surface area (Å²) in [5.74, 6) is 0.351. The monoisotopic (exact) mass is 292 g/mol. The summed E-state index contributed by atoms with van der Waals surface area (Å²) >= 11 is 0. The van der Waals surface area contributed by atoms with E-state index in [0.717, 1.165) is 19.5 Å². The molecule has 1 amide bonds. The van der Waals surface area contributed by atoms with Crippen molar-refractivity contribution in [2.45, 2.75) is 19.4 Å². The maximum absolute atomic E-state index is 12.0. The Labute approximate surface area is 123 Å². The van der Waals surface area contributed by atoms with E-state index >= 15 is 0 Å². The van der Waals surface area contributed by atoms with E-state index in [2.05, 4.69) is 12.2 Å². The summed E-state index contributed by atoms with van der Waals surface area (Å²) in [5.41, 5.74) is 6.56. The van der Waals surface area contributed by atoms with E-state index in [1.54, 1.807) is 0 Å². The van der Waals surface area contributed by atoms with Crippen molar-refractivity contribution < 1.29 is 9.72 Å². The van der Waals surface area contributed by atoms with Gasteiger partial charge >= 0.3 is 0 Å². The van der Waals surface area contributed by atoms with Crippen LogP contribution in [0.1, 0.15) is 13.3 Å². The summed E-state index contributed by atoms with van der Waals surface area (Å²) in [4.78, 5) is 24.1. The number of hydrogen-bond acceptors (Lipinski definition) is 5. The number of nitrogens with zero attached hydrogens (tertiary/aromatic N) is 2. The Morgan fingerprint density at radius 1 is 1.48 bits per heavy atom. The molecule has 1 aliphatic heterocycles. The fourth-order valence-electron chi connectivity index (χ4n) is 2.38. The van der Waals surface area contributed by atoms with Crippen molar-refractivity contribution in [1.82, 2.24) is 4.90 Å². The Kier molecular flexibility index (Phi) is 4.87. The van der Waals surface area contributed by atoms with Gasteiger partial charge in [-0.05, 0) is 31.0 Å². The highest BCUT2D eigenvalue weighted by Gasteiger charge is 2.24. The third-order valence-corrected chi connectivity index (χ3v) is 3.83. The number of likely N-dealkylation sites (tertiary alicyclic amines) is 1. The van der Waals surface area contributed by atoms with Gasteiger partial charge in [0.1, 0.15) is 0 Å². The second-order valence-corrected chi connectivity index (χ2v) is 5.52. The summed E-state index contributed by atoms with van der Waals surface area (Å²) in [6.07, 6.45) is 0.992. The van der Waals surface area contributed by atoms with Crippen LogP contribution in [0.4, 0.5) is 11.4 Å². The standard InChI is InChI=1S/C14H20N4O3/c1-10-6-7-17(8-13(10)15)9-14(19)16-11-2-4-12(5-3-11)18(20)21/h2-5,10,13H,6-9,15H2,1H3,(H,16,19). The SMILES string of the molecule is CC1CCN(CC(=O)Nc2ccc([N+](=O)[O-])cc2)CC1N. The Morgan fingerprint density at radius 2 is 2.14 bits per heavy atom. The summed E-state index contributed by atoms with van der Waals surface area (Å²) in [5, 5.41) is 13.3. The maximum Gasteiger partial charge on any atom is 0.269 e. The average molecular weight is 292 g/mol. The molecule has 1 aromatic carbocycles. The number of amides is 1. The van der Waals surface area contributed by atoms with Gasteiger partial charge in [-0.15, -0.1) is 0 Å². The lowest BCUT2D eigenvalue weighted by atomic mass is 9.94. The van der Waals surface area contributed by atoms with Gasteiger partial charge in [0.05, 0.1) is 11.5 Å². The van der Waals surface area contributed by atoms with Crippen molar-refractivity contribution in [1.29, 1.82) is 0 Å². The van der Waals surface area contributed by atoms with Gasteiger partial charge in [0.2, 0.25) is 5.91 Å². The van der Waals surface area contributed by atoms with Crippen LogP contribution in [-0.4, -0.2) is 41.4 Å². The van der Waals surface area contributed by atoms with Gasteiger partial charge < -0.3 is 11.1 Å². The molecule has 0 saturated carbocycles. The summed E-state index contributed by atoms with van der Waals surface area (Å²) < 4.78 is 0. The van der Waals surface area contributed by atoms with Crippen LogP contribution in [0.5, 0.6) is 0 Å². The van der Waals surface area contributed by atoms with Crippen LogP contribution in [0, 0.1) is 16.0 Å². The van der Waals surface area contributed by atoms with Crippen molar-refractivity contribution in [2.75, 3.05) is 25.0 Å². The Hall–Kier alpha value is -1.99. The van der Waals surface area contributed by atoms with Crippen molar-refractivity contribution in [3.8, 4) is 0 Å². The first-order chi connectivity index (χ1) is 9.95. The highest BCUT2D eigenvalue weighted by Crippen LogP contribution is 2.17. The quantitative estimate of drug-likeness (QED) is 0.641. The van der Waals surface area contributed by atoms with Gasteiger partial charge in [-0.3, -0.25) is 19.8 Å². The molecule has 0 bridgehead atoms. The van der Waals surface area contributed by atoms with E-state index in [1.807, 2.05) is 4.90 Å². The largest absolute Gasteiger partial charge is 0.326 e. The Balaban J connectivity index is 1.85. The van der Waals surface area contributed by atoms with Crippen LogP contribution >= 0.6 is 0 Å². The van der Waals surface area contributed by atoms with E-state index < -0.39 is 4.92 Å². The zero-order valence-corrected chi connectivity index (χ0v) is 12.0. The first-order valence-electron chi connectivity index (χ1n) is 6.98.